The number of hydrogen-bond donors (Lipinski definition) is 1. The second-order valence-corrected chi connectivity index (χ2v) is 7.76. The minimum Gasteiger partial charge on any atom is -0.349 e. The first-order chi connectivity index (χ1) is 11.2. The van der Waals surface area contributed by atoms with Gasteiger partial charge < -0.3 is 5.32 Å². The van der Waals surface area contributed by atoms with Gasteiger partial charge in [-0.1, -0.05) is 63.2 Å². The molecule has 24 heavy (non-hydrogen) atoms. The Morgan fingerprint density at radius 1 is 1.00 bits per heavy atom. The van der Waals surface area contributed by atoms with Gasteiger partial charge in [-0.25, -0.2) is 0 Å². The van der Waals surface area contributed by atoms with E-state index in [-0.39, 0.29) is 17.4 Å². The molecule has 2 aromatic carbocycles. The van der Waals surface area contributed by atoms with E-state index in [4.69, 9.17) is 0 Å². The quantitative estimate of drug-likeness (QED) is 0.841. The molecule has 2 heteroatoms. The molecular formula is C22H29NO. The fraction of sp³-hybridized carbons (Fsp3) is 0.409. The van der Waals surface area contributed by atoms with Crippen LogP contribution in [0.2, 0.25) is 0 Å². The van der Waals surface area contributed by atoms with E-state index in [1.165, 1.54) is 16.7 Å². The Morgan fingerprint density at radius 2 is 1.62 bits per heavy atom. The SMILES string of the molecule is Cc1ccc(CC(=O)NC(C)c2ccc(C(C)(C)C)cc2)cc1C. The predicted molar refractivity (Wildman–Crippen MR) is 101 cm³/mol. The molecule has 0 saturated heterocycles. The van der Waals surface area contributed by atoms with Gasteiger partial charge in [0, 0.05) is 0 Å². The predicted octanol–water partition coefficient (Wildman–Crippen LogP) is 5.02. The minimum absolute atomic E-state index is 0.0121. The lowest BCUT2D eigenvalue weighted by Crippen LogP contribution is -2.28. The number of amides is 1. The molecular weight excluding hydrogens is 294 g/mol. The maximum absolute atomic E-state index is 12.3. The summed E-state index contributed by atoms with van der Waals surface area (Å²) in [6.45, 7) is 12.8. The van der Waals surface area contributed by atoms with Crippen LogP contribution in [0.3, 0.4) is 0 Å². The number of benzene rings is 2. The highest BCUT2D eigenvalue weighted by Gasteiger charge is 2.15. The second-order valence-electron chi connectivity index (χ2n) is 7.76. The number of hydrogen-bond acceptors (Lipinski definition) is 1. The topological polar surface area (TPSA) is 29.1 Å². The summed E-state index contributed by atoms with van der Waals surface area (Å²) >= 11 is 0. The van der Waals surface area contributed by atoms with Crippen molar-refractivity contribution in [1.82, 2.24) is 5.32 Å². The molecule has 2 aromatic rings. The Hall–Kier alpha value is -2.09. The lowest BCUT2D eigenvalue weighted by atomic mass is 9.86. The third-order valence-corrected chi connectivity index (χ3v) is 4.59. The molecule has 0 heterocycles. The molecule has 0 aliphatic heterocycles. The van der Waals surface area contributed by atoms with Gasteiger partial charge in [0.25, 0.3) is 0 Å². The van der Waals surface area contributed by atoms with Crippen LogP contribution < -0.4 is 5.32 Å². The summed E-state index contributed by atoms with van der Waals surface area (Å²) in [4.78, 5) is 12.3. The van der Waals surface area contributed by atoms with Crippen LogP contribution in [-0.2, 0) is 16.6 Å². The van der Waals surface area contributed by atoms with Crippen molar-refractivity contribution in [3.63, 3.8) is 0 Å². The highest BCUT2D eigenvalue weighted by molar-refractivity contribution is 5.79. The average molecular weight is 323 g/mol. The van der Waals surface area contributed by atoms with E-state index in [0.717, 1.165) is 11.1 Å². The smallest absolute Gasteiger partial charge is 0.224 e. The molecule has 0 aromatic heterocycles. The van der Waals surface area contributed by atoms with E-state index < -0.39 is 0 Å². The summed E-state index contributed by atoms with van der Waals surface area (Å²) in [6, 6.07) is 14.7. The zero-order valence-corrected chi connectivity index (χ0v) is 15.7. The fourth-order valence-corrected chi connectivity index (χ4v) is 2.75. The first-order valence-electron chi connectivity index (χ1n) is 8.63. The van der Waals surface area contributed by atoms with Gasteiger partial charge in [0.05, 0.1) is 12.5 Å². The minimum atomic E-state index is 0.0121. The van der Waals surface area contributed by atoms with Crippen LogP contribution in [0.1, 0.15) is 61.6 Å². The lowest BCUT2D eigenvalue weighted by molar-refractivity contribution is -0.121. The molecule has 1 amide bonds. The Kier molecular flexibility index (Phi) is 5.48. The Labute approximate surface area is 146 Å². The van der Waals surface area contributed by atoms with Crippen LogP contribution in [0.5, 0.6) is 0 Å². The summed E-state index contributed by atoms with van der Waals surface area (Å²) in [5, 5.41) is 3.10. The summed E-state index contributed by atoms with van der Waals surface area (Å²) in [6.07, 6.45) is 0.422. The zero-order valence-electron chi connectivity index (χ0n) is 15.7. The number of aryl methyl sites for hydroxylation is 2. The van der Waals surface area contributed by atoms with Gasteiger partial charge in [0.15, 0.2) is 0 Å². The van der Waals surface area contributed by atoms with Crippen molar-refractivity contribution in [2.45, 2.75) is 59.4 Å². The molecule has 0 saturated carbocycles. The van der Waals surface area contributed by atoms with Crippen LogP contribution in [0, 0.1) is 13.8 Å². The standard InChI is InChI=1S/C22H29NO/c1-15-7-8-18(13-16(15)2)14-21(24)23-17(3)19-9-11-20(12-10-19)22(4,5)6/h7-13,17H,14H2,1-6H3,(H,23,24). The van der Waals surface area contributed by atoms with Gasteiger partial charge in [-0.15, -0.1) is 0 Å². The first kappa shape index (κ1) is 18.3. The molecule has 2 nitrogen and oxygen atoms in total. The Balaban J connectivity index is 1.99. The molecule has 0 radical (unpaired) electrons. The highest BCUT2D eigenvalue weighted by atomic mass is 16.1. The third kappa shape index (κ3) is 4.70. The molecule has 0 spiro atoms. The molecule has 0 aliphatic rings. The molecule has 128 valence electrons. The van der Waals surface area contributed by atoms with Gasteiger partial charge >= 0.3 is 0 Å². The summed E-state index contributed by atoms with van der Waals surface area (Å²) in [5.74, 6) is 0.0608. The highest BCUT2D eigenvalue weighted by Crippen LogP contribution is 2.24. The van der Waals surface area contributed by atoms with Crippen LogP contribution >= 0.6 is 0 Å². The molecule has 0 bridgehead atoms. The molecule has 1 atom stereocenters. The van der Waals surface area contributed by atoms with Crippen LogP contribution in [0.25, 0.3) is 0 Å². The Bertz CT molecular complexity index is 708. The van der Waals surface area contributed by atoms with Crippen molar-refractivity contribution < 1.29 is 4.79 Å². The lowest BCUT2D eigenvalue weighted by Gasteiger charge is -2.21. The largest absolute Gasteiger partial charge is 0.349 e. The first-order valence-corrected chi connectivity index (χ1v) is 8.63. The monoisotopic (exact) mass is 323 g/mol. The van der Waals surface area contributed by atoms with E-state index in [1.54, 1.807) is 0 Å². The van der Waals surface area contributed by atoms with Gasteiger partial charge in [-0.05, 0) is 54.0 Å². The average Bonchev–Trinajstić information content (AvgIpc) is 2.50. The number of nitrogens with one attached hydrogen (secondary N) is 1. The van der Waals surface area contributed by atoms with Gasteiger partial charge in [0.1, 0.15) is 0 Å². The number of carbonyl (C=O) groups excluding carboxylic acids is 1. The summed E-state index contributed by atoms with van der Waals surface area (Å²) in [7, 11) is 0. The van der Waals surface area contributed by atoms with Crippen LogP contribution in [0.4, 0.5) is 0 Å². The van der Waals surface area contributed by atoms with Gasteiger partial charge in [-0.3, -0.25) is 4.79 Å². The molecule has 2 rings (SSSR count). The molecule has 1 N–H and O–H groups in total. The van der Waals surface area contributed by atoms with E-state index in [9.17, 15) is 4.79 Å². The molecule has 1 unspecified atom stereocenters. The second kappa shape index (κ2) is 7.21. The molecule has 0 aliphatic carbocycles. The van der Waals surface area contributed by atoms with Gasteiger partial charge in [0.2, 0.25) is 5.91 Å². The van der Waals surface area contributed by atoms with Crippen molar-refractivity contribution in [2.75, 3.05) is 0 Å². The van der Waals surface area contributed by atoms with Crippen LogP contribution in [0.15, 0.2) is 42.5 Å². The van der Waals surface area contributed by atoms with Crippen molar-refractivity contribution in [3.8, 4) is 0 Å². The van der Waals surface area contributed by atoms with E-state index in [2.05, 4.69) is 76.3 Å². The molecule has 0 fully saturated rings. The maximum atomic E-state index is 12.3. The van der Waals surface area contributed by atoms with Crippen molar-refractivity contribution >= 4 is 5.91 Å². The summed E-state index contributed by atoms with van der Waals surface area (Å²) in [5.41, 5.74) is 6.13. The van der Waals surface area contributed by atoms with E-state index in [1.807, 2.05) is 13.0 Å². The van der Waals surface area contributed by atoms with Crippen molar-refractivity contribution in [2.24, 2.45) is 0 Å². The fourth-order valence-electron chi connectivity index (χ4n) is 2.75. The number of carbonyl (C=O) groups is 1. The maximum Gasteiger partial charge on any atom is 0.224 e. The van der Waals surface area contributed by atoms with Gasteiger partial charge in [-0.2, -0.15) is 0 Å². The van der Waals surface area contributed by atoms with E-state index >= 15 is 0 Å². The van der Waals surface area contributed by atoms with Crippen molar-refractivity contribution in [1.29, 1.82) is 0 Å². The Morgan fingerprint density at radius 3 is 2.17 bits per heavy atom. The van der Waals surface area contributed by atoms with Crippen LogP contribution in [-0.4, -0.2) is 5.91 Å². The van der Waals surface area contributed by atoms with Crippen molar-refractivity contribution in [3.05, 3.63) is 70.3 Å². The third-order valence-electron chi connectivity index (χ3n) is 4.59. The van der Waals surface area contributed by atoms with E-state index in [0.29, 0.717) is 6.42 Å². The zero-order chi connectivity index (χ0) is 17.9. The summed E-state index contributed by atoms with van der Waals surface area (Å²) < 4.78 is 0. The normalized spacial score (nSPS) is 12.8. The number of rotatable bonds is 4.